The number of nitrogens with one attached hydrogen (secondary N) is 3. The van der Waals surface area contributed by atoms with E-state index in [9.17, 15) is 23.6 Å². The number of pyridine rings is 1. The summed E-state index contributed by atoms with van der Waals surface area (Å²) < 4.78 is 50.3. The Morgan fingerprint density at radius 1 is 0.925 bits per heavy atom. The molecule has 1 saturated carbocycles. The van der Waals surface area contributed by atoms with Crippen molar-refractivity contribution in [2.24, 2.45) is 7.05 Å². The van der Waals surface area contributed by atoms with Gasteiger partial charge in [-0.3, -0.25) is 43.6 Å². The number of fused-ring (bicyclic) bond motifs is 3. The SMILES string of the molecule is CNc1cc(N2CCc3c(-c4ccc(CN5CCC(N6CCN(c7cccc8c7n(C)c(=O)n8C7CCC(=O)NC7=O)CC6)C(F)(F)C5)cn4)cccc32)nn2c(C(=O)N[C@@H]3C[C@@H]3F)cnc12. The summed E-state index contributed by atoms with van der Waals surface area (Å²) in [5, 5.41) is 13.1. The van der Waals surface area contributed by atoms with Crippen molar-refractivity contribution in [1.29, 1.82) is 0 Å². The molecule has 8 heterocycles. The minimum absolute atomic E-state index is 0.149. The standard InChI is InChI=1S/C47H50F3N13O4/c1-51-33-22-40(56-63-38(24-53-43(33)63)45(66)54-32-21-30(32)48)61-16-13-29-28(5-3-6-34(29)61)31-10-9-27(23-52-31)25-58-15-14-39(47(49,50)26-58)60-19-17-59(18-20-60)35-7-4-8-36-42(35)57(2)46(67)62(36)37-11-12-41(64)55-44(37)65/h3-10,22-24,30,32,37,39,51H,11-21,25-26H2,1-2H3,(H,54,66)(H,55,64,65)/t30-,32+,37?,39?/m0/s1. The van der Waals surface area contributed by atoms with Gasteiger partial charge >= 0.3 is 5.69 Å². The second kappa shape index (κ2) is 16.5. The number of imidazole rings is 2. The van der Waals surface area contributed by atoms with Crippen LogP contribution in [0.15, 0.2) is 71.8 Å². The normalized spacial score (nSPS) is 23.2. The predicted octanol–water partition coefficient (Wildman–Crippen LogP) is 4.03. The van der Waals surface area contributed by atoms with Crippen LogP contribution in [0.1, 0.15) is 53.3 Å². The molecule has 348 valence electrons. The number of alkyl halides is 3. The van der Waals surface area contributed by atoms with E-state index in [1.807, 2.05) is 53.4 Å². The number of carbonyl (C=O) groups is 3. The fourth-order valence-electron chi connectivity index (χ4n) is 10.6. The molecule has 4 aromatic heterocycles. The molecule has 0 spiro atoms. The van der Waals surface area contributed by atoms with Crippen molar-refractivity contribution in [1.82, 2.24) is 49.1 Å². The highest BCUT2D eigenvalue weighted by Crippen LogP contribution is 2.41. The number of aromatic nitrogens is 6. The van der Waals surface area contributed by atoms with E-state index in [4.69, 9.17) is 10.1 Å². The van der Waals surface area contributed by atoms with Gasteiger partial charge < -0.3 is 20.4 Å². The van der Waals surface area contributed by atoms with Gasteiger partial charge in [-0.15, -0.1) is 5.10 Å². The van der Waals surface area contributed by atoms with Crippen molar-refractivity contribution in [3.63, 3.8) is 0 Å². The molecule has 3 saturated heterocycles. The van der Waals surface area contributed by atoms with Gasteiger partial charge in [0.1, 0.15) is 12.2 Å². The Bertz CT molecular complexity index is 3020. The first-order valence-electron chi connectivity index (χ1n) is 22.9. The Morgan fingerprint density at radius 3 is 2.45 bits per heavy atom. The van der Waals surface area contributed by atoms with Crippen LogP contribution in [-0.4, -0.2) is 133 Å². The van der Waals surface area contributed by atoms with E-state index in [0.717, 1.165) is 40.2 Å². The monoisotopic (exact) mass is 917 g/mol. The number of hydrogen-bond acceptors (Lipinski definition) is 12. The number of halogens is 3. The van der Waals surface area contributed by atoms with Gasteiger partial charge in [-0.05, 0) is 54.7 Å². The highest BCUT2D eigenvalue weighted by Gasteiger charge is 2.48. The quantitative estimate of drug-likeness (QED) is 0.169. The number of piperazine rings is 1. The number of amides is 3. The lowest BCUT2D eigenvalue weighted by Crippen LogP contribution is -2.61. The molecule has 6 aromatic rings. The Hall–Kier alpha value is -6.80. The topological polar surface area (TPSA) is 170 Å². The summed E-state index contributed by atoms with van der Waals surface area (Å²) in [6.45, 7) is 2.98. The summed E-state index contributed by atoms with van der Waals surface area (Å²) in [6, 6.07) is 15.2. The van der Waals surface area contributed by atoms with Gasteiger partial charge in [0.05, 0.1) is 52.9 Å². The van der Waals surface area contributed by atoms with E-state index >= 15 is 8.78 Å². The summed E-state index contributed by atoms with van der Waals surface area (Å²) in [5.74, 6) is -3.61. The molecule has 4 fully saturated rings. The zero-order chi connectivity index (χ0) is 46.3. The number of anilines is 4. The third-order valence-electron chi connectivity index (χ3n) is 14.1. The number of carbonyl (C=O) groups excluding carboxylic acids is 3. The highest BCUT2D eigenvalue weighted by molar-refractivity contribution is 6.00. The molecule has 11 rings (SSSR count). The number of benzene rings is 2. The summed E-state index contributed by atoms with van der Waals surface area (Å²) in [6.07, 6.45) is 3.91. The fraction of sp³-hybridized carbons (Fsp3) is 0.426. The summed E-state index contributed by atoms with van der Waals surface area (Å²) >= 11 is 0. The van der Waals surface area contributed by atoms with E-state index in [2.05, 4.69) is 30.7 Å². The van der Waals surface area contributed by atoms with Crippen LogP contribution in [0, 0.1) is 0 Å². The molecule has 2 aromatic carbocycles. The zero-order valence-electron chi connectivity index (χ0n) is 37.1. The second-order valence-corrected chi connectivity index (χ2v) is 18.3. The van der Waals surface area contributed by atoms with Crippen LogP contribution in [0.2, 0.25) is 0 Å². The molecule has 20 heteroatoms. The maximum Gasteiger partial charge on any atom is 0.329 e. The molecule has 17 nitrogen and oxygen atoms in total. The Kier molecular flexibility index (Phi) is 10.6. The van der Waals surface area contributed by atoms with Crippen LogP contribution in [0.25, 0.3) is 27.9 Å². The molecule has 3 N–H and O–H groups in total. The lowest BCUT2D eigenvalue weighted by Gasteiger charge is -2.46. The first-order chi connectivity index (χ1) is 32.4. The first-order valence-corrected chi connectivity index (χ1v) is 22.9. The molecule has 0 radical (unpaired) electrons. The van der Waals surface area contributed by atoms with Crippen LogP contribution in [0.5, 0.6) is 0 Å². The Balaban J connectivity index is 0.736. The minimum Gasteiger partial charge on any atom is -0.385 e. The third kappa shape index (κ3) is 7.55. The van der Waals surface area contributed by atoms with Crippen molar-refractivity contribution in [3.8, 4) is 11.3 Å². The van der Waals surface area contributed by atoms with Crippen molar-refractivity contribution < 1.29 is 27.6 Å². The molecule has 0 bridgehead atoms. The van der Waals surface area contributed by atoms with Crippen molar-refractivity contribution >= 4 is 57.3 Å². The molecular weight excluding hydrogens is 868 g/mol. The van der Waals surface area contributed by atoms with E-state index in [-0.39, 0.29) is 36.7 Å². The van der Waals surface area contributed by atoms with E-state index in [0.29, 0.717) is 86.8 Å². The number of imide groups is 1. The van der Waals surface area contributed by atoms with Crippen molar-refractivity contribution in [2.75, 3.05) is 68.0 Å². The van der Waals surface area contributed by atoms with Crippen molar-refractivity contribution in [3.05, 3.63) is 94.3 Å². The van der Waals surface area contributed by atoms with Gasteiger partial charge in [-0.2, -0.15) is 0 Å². The Labute approximate surface area is 382 Å². The number of para-hydroxylation sites is 1. The maximum absolute atomic E-state index is 16.1. The lowest BCUT2D eigenvalue weighted by atomic mass is 9.97. The molecular formula is C47H50F3N13O4. The molecule has 4 aliphatic heterocycles. The largest absolute Gasteiger partial charge is 0.385 e. The van der Waals surface area contributed by atoms with Gasteiger partial charge in [0.15, 0.2) is 17.2 Å². The minimum atomic E-state index is -2.94. The maximum atomic E-state index is 16.1. The number of piperidine rings is 2. The number of rotatable bonds is 10. The molecule has 5 aliphatic rings. The number of likely N-dealkylation sites (tertiary alicyclic amines) is 1. The van der Waals surface area contributed by atoms with Gasteiger partial charge in [-0.25, -0.2) is 27.5 Å². The predicted molar refractivity (Wildman–Crippen MR) is 245 cm³/mol. The highest BCUT2D eigenvalue weighted by atomic mass is 19.3. The average molecular weight is 918 g/mol. The number of aryl methyl sites for hydroxylation is 1. The first kappa shape index (κ1) is 42.8. The smallest absolute Gasteiger partial charge is 0.329 e. The van der Waals surface area contributed by atoms with Gasteiger partial charge in [0, 0.05) is 96.3 Å². The van der Waals surface area contributed by atoms with Crippen LogP contribution < -0.4 is 31.4 Å². The van der Waals surface area contributed by atoms with Crippen LogP contribution in [0.3, 0.4) is 0 Å². The molecule has 3 amide bonds. The summed E-state index contributed by atoms with van der Waals surface area (Å²) in [4.78, 5) is 68.3. The summed E-state index contributed by atoms with van der Waals surface area (Å²) in [7, 11) is 3.44. The Morgan fingerprint density at radius 2 is 1.72 bits per heavy atom. The van der Waals surface area contributed by atoms with Gasteiger partial charge in [0.25, 0.3) is 11.8 Å². The van der Waals surface area contributed by atoms with E-state index in [1.165, 1.54) is 19.8 Å². The van der Waals surface area contributed by atoms with E-state index < -0.39 is 42.0 Å². The number of hydrogen-bond donors (Lipinski definition) is 3. The van der Waals surface area contributed by atoms with Crippen LogP contribution in [-0.2, 0) is 29.6 Å². The average Bonchev–Trinajstić information content (AvgIpc) is 3.60. The second-order valence-electron chi connectivity index (χ2n) is 18.3. The van der Waals surface area contributed by atoms with Gasteiger partial charge in [0.2, 0.25) is 11.8 Å². The summed E-state index contributed by atoms with van der Waals surface area (Å²) in [5.41, 5.74) is 7.74. The molecule has 2 unspecified atom stereocenters. The van der Waals surface area contributed by atoms with Crippen LogP contribution in [0.4, 0.5) is 36.1 Å². The van der Waals surface area contributed by atoms with Crippen LogP contribution >= 0.6 is 0 Å². The van der Waals surface area contributed by atoms with E-state index in [1.54, 1.807) is 31.3 Å². The van der Waals surface area contributed by atoms with Crippen molar-refractivity contribution in [2.45, 2.75) is 68.9 Å². The molecule has 1 aliphatic carbocycles. The molecule has 67 heavy (non-hydrogen) atoms. The van der Waals surface area contributed by atoms with Gasteiger partial charge in [-0.1, -0.05) is 24.3 Å². The lowest BCUT2D eigenvalue weighted by molar-refractivity contribution is -0.135. The number of nitrogens with zero attached hydrogens (tertiary/aromatic N) is 10. The third-order valence-corrected chi connectivity index (χ3v) is 14.1. The molecule has 4 atom stereocenters. The zero-order valence-corrected chi connectivity index (χ0v) is 37.1. The fourth-order valence-corrected chi connectivity index (χ4v) is 10.6.